The van der Waals surface area contributed by atoms with Gasteiger partial charge in [-0.2, -0.15) is 0 Å². The third-order valence-corrected chi connectivity index (χ3v) is 4.23. The number of amides is 2. The van der Waals surface area contributed by atoms with E-state index in [1.165, 1.54) is 18.4 Å². The Morgan fingerprint density at radius 2 is 2.12 bits per heavy atom. The molecule has 0 spiro atoms. The maximum Gasteiger partial charge on any atom is 0.325 e. The molecule has 9 heteroatoms. The molecule has 0 unspecified atom stereocenters. The summed E-state index contributed by atoms with van der Waals surface area (Å²) in [5.41, 5.74) is 1.35. The Hall–Kier alpha value is -2.71. The molecule has 2 heterocycles. The normalized spacial score (nSPS) is 10.3. The van der Waals surface area contributed by atoms with Crippen molar-refractivity contribution in [3.8, 4) is 5.75 Å². The van der Waals surface area contributed by atoms with Gasteiger partial charge in [0.05, 0.1) is 12.8 Å². The number of rotatable bonds is 5. The van der Waals surface area contributed by atoms with E-state index in [1.807, 2.05) is 18.2 Å². The van der Waals surface area contributed by atoms with Gasteiger partial charge in [0.2, 0.25) is 5.13 Å². The molecule has 0 radical (unpaired) electrons. The van der Waals surface area contributed by atoms with Crippen LogP contribution in [-0.4, -0.2) is 28.3 Å². The summed E-state index contributed by atoms with van der Waals surface area (Å²) in [5, 5.41) is 15.0. The number of pyridine rings is 1. The molecule has 0 aliphatic rings. The van der Waals surface area contributed by atoms with Gasteiger partial charge in [0.25, 0.3) is 0 Å². The molecule has 0 aliphatic carbocycles. The molecule has 0 saturated heterocycles. The van der Waals surface area contributed by atoms with Crippen molar-refractivity contribution in [2.24, 2.45) is 0 Å². The number of carbonyl (C=O) groups is 1. The Bertz CT molecular complexity index is 872. The number of aromatic nitrogens is 3. The lowest BCUT2D eigenvalue weighted by Gasteiger charge is -2.10. The number of hydrogen-bond donors (Lipinski definition) is 2. The lowest BCUT2D eigenvalue weighted by molar-refractivity contribution is 0.262. The van der Waals surface area contributed by atoms with E-state index in [2.05, 4.69) is 25.8 Å². The molecule has 0 saturated carbocycles. The molecule has 3 aromatic rings. The Morgan fingerprint density at radius 3 is 2.88 bits per heavy atom. The van der Waals surface area contributed by atoms with Gasteiger partial charge >= 0.3 is 6.03 Å². The Kier molecular flexibility index (Phi) is 5.42. The molecule has 2 aromatic heterocycles. The first-order chi connectivity index (χ1) is 12.1. The zero-order chi connectivity index (χ0) is 17.6. The van der Waals surface area contributed by atoms with Crippen LogP contribution in [0.4, 0.5) is 15.6 Å². The van der Waals surface area contributed by atoms with Crippen LogP contribution >= 0.6 is 22.9 Å². The number of methoxy groups -OCH3 is 1. The van der Waals surface area contributed by atoms with Crippen molar-refractivity contribution in [1.82, 2.24) is 15.2 Å². The van der Waals surface area contributed by atoms with Crippen molar-refractivity contribution in [2.75, 3.05) is 17.7 Å². The van der Waals surface area contributed by atoms with Gasteiger partial charge < -0.3 is 10.1 Å². The van der Waals surface area contributed by atoms with Gasteiger partial charge in [0, 0.05) is 23.3 Å². The average molecular weight is 376 g/mol. The molecule has 0 fully saturated rings. The van der Waals surface area contributed by atoms with Crippen LogP contribution in [0.25, 0.3) is 0 Å². The number of nitrogens with one attached hydrogen (secondary N) is 2. The van der Waals surface area contributed by atoms with E-state index in [0.29, 0.717) is 28.0 Å². The highest BCUT2D eigenvalue weighted by Gasteiger charge is 2.12. The van der Waals surface area contributed by atoms with E-state index in [1.54, 1.807) is 24.4 Å². The summed E-state index contributed by atoms with van der Waals surface area (Å²) in [7, 11) is 1.51. The molecule has 0 aliphatic heterocycles. The smallest absolute Gasteiger partial charge is 0.325 e. The number of anilines is 2. The van der Waals surface area contributed by atoms with E-state index in [0.717, 1.165) is 10.7 Å². The van der Waals surface area contributed by atoms with Crippen LogP contribution < -0.4 is 15.4 Å². The highest BCUT2D eigenvalue weighted by Crippen LogP contribution is 2.28. The fourth-order valence-electron chi connectivity index (χ4n) is 2.06. The highest BCUT2D eigenvalue weighted by molar-refractivity contribution is 7.15. The summed E-state index contributed by atoms with van der Waals surface area (Å²) in [5.74, 6) is 0.507. The molecular weight excluding hydrogens is 362 g/mol. The first-order valence-electron chi connectivity index (χ1n) is 7.28. The quantitative estimate of drug-likeness (QED) is 0.707. The lowest BCUT2D eigenvalue weighted by atomic mass is 10.3. The van der Waals surface area contributed by atoms with Gasteiger partial charge in [-0.3, -0.25) is 10.3 Å². The minimum atomic E-state index is -0.457. The van der Waals surface area contributed by atoms with Crippen LogP contribution in [0.15, 0.2) is 42.6 Å². The molecule has 25 heavy (non-hydrogen) atoms. The second kappa shape index (κ2) is 7.91. The van der Waals surface area contributed by atoms with Gasteiger partial charge in [-0.15, -0.1) is 10.2 Å². The van der Waals surface area contributed by atoms with E-state index >= 15 is 0 Å². The largest absolute Gasteiger partial charge is 0.495 e. The Morgan fingerprint density at radius 1 is 1.24 bits per heavy atom. The minimum Gasteiger partial charge on any atom is -0.495 e. The van der Waals surface area contributed by atoms with Crippen molar-refractivity contribution in [1.29, 1.82) is 0 Å². The predicted octanol–water partition coefficient (Wildman–Crippen LogP) is 3.83. The van der Waals surface area contributed by atoms with Crippen LogP contribution in [-0.2, 0) is 6.42 Å². The van der Waals surface area contributed by atoms with Crippen LogP contribution in [0.2, 0.25) is 5.02 Å². The fourth-order valence-corrected chi connectivity index (χ4v) is 2.98. The standard InChI is InChI=1S/C16H14ClN5O2S/c1-24-13-6-5-10(17)8-12(13)19-15(23)20-16-22-21-14(25-16)9-11-4-2-3-7-18-11/h2-8H,9H2,1H3,(H2,19,20,22,23). The topological polar surface area (TPSA) is 89.0 Å². The molecule has 2 N–H and O–H groups in total. The molecule has 0 bridgehead atoms. The number of urea groups is 1. The summed E-state index contributed by atoms with van der Waals surface area (Å²) < 4.78 is 5.19. The van der Waals surface area contributed by atoms with Gasteiger partial charge in [0.15, 0.2) is 0 Å². The third kappa shape index (κ3) is 4.65. The van der Waals surface area contributed by atoms with Gasteiger partial charge in [-0.1, -0.05) is 29.0 Å². The van der Waals surface area contributed by atoms with Crippen LogP contribution in [0, 0.1) is 0 Å². The summed E-state index contributed by atoms with van der Waals surface area (Å²) in [4.78, 5) is 16.4. The molecule has 7 nitrogen and oxygen atoms in total. The highest BCUT2D eigenvalue weighted by atomic mass is 35.5. The van der Waals surface area contributed by atoms with Crippen molar-refractivity contribution >= 4 is 39.8 Å². The van der Waals surface area contributed by atoms with E-state index < -0.39 is 6.03 Å². The zero-order valence-electron chi connectivity index (χ0n) is 13.2. The number of hydrogen-bond acceptors (Lipinski definition) is 6. The Labute approximate surface area is 153 Å². The van der Waals surface area contributed by atoms with Crippen LogP contribution in [0.3, 0.4) is 0 Å². The maximum atomic E-state index is 12.1. The third-order valence-electron chi connectivity index (χ3n) is 3.16. The number of nitrogens with zero attached hydrogens (tertiary/aromatic N) is 3. The summed E-state index contributed by atoms with van der Waals surface area (Å²) in [6.07, 6.45) is 2.28. The minimum absolute atomic E-state index is 0.393. The number of benzene rings is 1. The second-order valence-corrected chi connectivity index (χ2v) is 6.42. The second-order valence-electron chi connectivity index (χ2n) is 4.92. The van der Waals surface area contributed by atoms with Gasteiger partial charge in [-0.05, 0) is 30.3 Å². The van der Waals surface area contributed by atoms with Crippen molar-refractivity contribution in [3.63, 3.8) is 0 Å². The van der Waals surface area contributed by atoms with Crippen molar-refractivity contribution in [3.05, 3.63) is 58.3 Å². The molecule has 128 valence electrons. The van der Waals surface area contributed by atoms with E-state index in [4.69, 9.17) is 16.3 Å². The lowest BCUT2D eigenvalue weighted by Crippen LogP contribution is -2.19. The van der Waals surface area contributed by atoms with Gasteiger partial charge in [0.1, 0.15) is 10.8 Å². The number of ether oxygens (including phenoxy) is 1. The number of halogens is 1. The molecule has 3 rings (SSSR count). The van der Waals surface area contributed by atoms with Gasteiger partial charge in [-0.25, -0.2) is 4.79 Å². The SMILES string of the molecule is COc1ccc(Cl)cc1NC(=O)Nc1nnc(Cc2ccccn2)s1. The maximum absolute atomic E-state index is 12.1. The van der Waals surface area contributed by atoms with Crippen LogP contribution in [0.1, 0.15) is 10.7 Å². The molecule has 2 amide bonds. The number of carbonyl (C=O) groups excluding carboxylic acids is 1. The first-order valence-corrected chi connectivity index (χ1v) is 8.47. The molecule has 1 aromatic carbocycles. The molecule has 0 atom stereocenters. The Balaban J connectivity index is 1.63. The zero-order valence-corrected chi connectivity index (χ0v) is 14.8. The average Bonchev–Trinajstić information content (AvgIpc) is 3.02. The monoisotopic (exact) mass is 375 g/mol. The van der Waals surface area contributed by atoms with Crippen molar-refractivity contribution < 1.29 is 9.53 Å². The van der Waals surface area contributed by atoms with E-state index in [9.17, 15) is 4.79 Å². The fraction of sp³-hybridized carbons (Fsp3) is 0.125. The van der Waals surface area contributed by atoms with Crippen LogP contribution in [0.5, 0.6) is 5.75 Å². The summed E-state index contributed by atoms with van der Waals surface area (Å²) in [6, 6.07) is 10.2. The summed E-state index contributed by atoms with van der Waals surface area (Å²) in [6.45, 7) is 0. The summed E-state index contributed by atoms with van der Waals surface area (Å²) >= 11 is 7.23. The molecular formula is C16H14ClN5O2S. The predicted molar refractivity (Wildman–Crippen MR) is 97.6 cm³/mol. The van der Waals surface area contributed by atoms with E-state index in [-0.39, 0.29) is 0 Å². The van der Waals surface area contributed by atoms with Crippen molar-refractivity contribution in [2.45, 2.75) is 6.42 Å². The first kappa shape index (κ1) is 17.1.